The Labute approximate surface area is 134 Å². The number of halogens is 1. The Morgan fingerprint density at radius 3 is 2.48 bits per heavy atom. The summed E-state index contributed by atoms with van der Waals surface area (Å²) < 4.78 is 0. The van der Waals surface area contributed by atoms with Crippen LogP contribution in [0.4, 0.5) is 0 Å². The highest BCUT2D eigenvalue weighted by Gasteiger charge is 2.19. The highest BCUT2D eigenvalue weighted by molar-refractivity contribution is 6.32. The van der Waals surface area contributed by atoms with E-state index in [1.165, 1.54) is 37.7 Å². The minimum absolute atomic E-state index is 0.147. The smallest absolute Gasteiger partial charge is 0.0478 e. The van der Waals surface area contributed by atoms with Gasteiger partial charge in [-0.1, -0.05) is 60.7 Å². The van der Waals surface area contributed by atoms with Gasteiger partial charge in [0.15, 0.2) is 0 Å². The molecule has 0 spiro atoms. The van der Waals surface area contributed by atoms with Gasteiger partial charge in [0.25, 0.3) is 0 Å². The van der Waals surface area contributed by atoms with E-state index in [2.05, 4.69) is 44.3 Å². The molecule has 116 valence electrons. The maximum atomic E-state index is 6.33. The summed E-state index contributed by atoms with van der Waals surface area (Å²) in [4.78, 5) is 0. The highest BCUT2D eigenvalue weighted by atomic mass is 35.5. The van der Waals surface area contributed by atoms with Crippen LogP contribution in [0.15, 0.2) is 29.8 Å². The second-order valence-corrected chi connectivity index (χ2v) is 7.59. The molecule has 2 rings (SSSR count). The Balaban J connectivity index is 2.20. The molecule has 2 heteroatoms. The van der Waals surface area contributed by atoms with Crippen LogP contribution >= 0.6 is 11.6 Å². The van der Waals surface area contributed by atoms with E-state index < -0.39 is 0 Å². The van der Waals surface area contributed by atoms with Gasteiger partial charge >= 0.3 is 0 Å². The summed E-state index contributed by atoms with van der Waals surface area (Å²) in [6.45, 7) is 7.63. The van der Waals surface area contributed by atoms with Crippen molar-refractivity contribution < 1.29 is 0 Å². The van der Waals surface area contributed by atoms with Crippen LogP contribution < -0.4 is 5.32 Å². The molecule has 0 aromatic heterocycles. The maximum absolute atomic E-state index is 6.33. The van der Waals surface area contributed by atoms with Crippen molar-refractivity contribution in [2.24, 2.45) is 5.92 Å². The maximum Gasteiger partial charge on any atom is 0.0478 e. The van der Waals surface area contributed by atoms with Gasteiger partial charge < -0.3 is 5.32 Å². The SMILES string of the molecule is CC(C)(C)NC/C(=C/c1ccccc1Cl)C1CCCCC1. The molecule has 1 aromatic rings. The number of hydrogen-bond acceptors (Lipinski definition) is 1. The number of hydrogen-bond donors (Lipinski definition) is 1. The van der Waals surface area contributed by atoms with E-state index in [9.17, 15) is 0 Å². The molecular formula is C19H28ClN. The van der Waals surface area contributed by atoms with E-state index in [1.807, 2.05) is 12.1 Å². The Morgan fingerprint density at radius 2 is 1.86 bits per heavy atom. The van der Waals surface area contributed by atoms with Crippen molar-refractivity contribution in [1.29, 1.82) is 0 Å². The Hall–Kier alpha value is -0.790. The number of rotatable bonds is 4. The molecule has 21 heavy (non-hydrogen) atoms. The summed E-state index contributed by atoms with van der Waals surface area (Å²) in [6, 6.07) is 8.14. The lowest BCUT2D eigenvalue weighted by Crippen LogP contribution is -2.38. The van der Waals surface area contributed by atoms with Gasteiger partial charge in [0.2, 0.25) is 0 Å². The Bertz CT molecular complexity index is 479. The van der Waals surface area contributed by atoms with E-state index in [1.54, 1.807) is 0 Å². The van der Waals surface area contributed by atoms with Crippen molar-refractivity contribution in [1.82, 2.24) is 5.32 Å². The fourth-order valence-corrected chi connectivity index (χ4v) is 3.14. The lowest BCUT2D eigenvalue weighted by atomic mass is 9.82. The van der Waals surface area contributed by atoms with Crippen molar-refractivity contribution in [3.63, 3.8) is 0 Å². The van der Waals surface area contributed by atoms with Crippen molar-refractivity contribution in [3.8, 4) is 0 Å². The minimum Gasteiger partial charge on any atom is -0.308 e. The van der Waals surface area contributed by atoms with Gasteiger partial charge in [0, 0.05) is 17.1 Å². The molecule has 1 aliphatic rings. The van der Waals surface area contributed by atoms with Gasteiger partial charge in [-0.15, -0.1) is 0 Å². The summed E-state index contributed by atoms with van der Waals surface area (Å²) in [6.07, 6.45) is 9.07. The van der Waals surface area contributed by atoms with Crippen LogP contribution in [-0.2, 0) is 0 Å². The Kier molecular flexibility index (Phi) is 5.89. The van der Waals surface area contributed by atoms with Gasteiger partial charge in [-0.2, -0.15) is 0 Å². The van der Waals surface area contributed by atoms with Gasteiger partial charge in [0.1, 0.15) is 0 Å². The summed E-state index contributed by atoms with van der Waals surface area (Å²) in [5.41, 5.74) is 2.81. The number of nitrogens with one attached hydrogen (secondary N) is 1. The molecule has 0 atom stereocenters. The molecule has 0 radical (unpaired) electrons. The van der Waals surface area contributed by atoms with E-state index in [0.717, 1.165) is 17.1 Å². The molecule has 0 amide bonds. The summed E-state index contributed by atoms with van der Waals surface area (Å²) in [5.74, 6) is 0.713. The van der Waals surface area contributed by atoms with Gasteiger partial charge in [-0.05, 0) is 51.2 Å². The zero-order chi connectivity index (χ0) is 15.3. The van der Waals surface area contributed by atoms with E-state index in [-0.39, 0.29) is 5.54 Å². The molecule has 1 fully saturated rings. The van der Waals surface area contributed by atoms with Crippen LogP contribution in [0.25, 0.3) is 6.08 Å². The minimum atomic E-state index is 0.147. The lowest BCUT2D eigenvalue weighted by molar-refractivity contribution is 0.378. The molecule has 0 heterocycles. The summed E-state index contributed by atoms with van der Waals surface area (Å²) >= 11 is 6.33. The van der Waals surface area contributed by atoms with Crippen LogP contribution in [0.3, 0.4) is 0 Å². The quantitative estimate of drug-likeness (QED) is 0.753. The van der Waals surface area contributed by atoms with Crippen LogP contribution in [-0.4, -0.2) is 12.1 Å². The first kappa shape index (κ1) is 16.6. The molecular weight excluding hydrogens is 278 g/mol. The normalized spacial score (nSPS) is 18.0. The first-order chi connectivity index (χ1) is 9.96. The lowest BCUT2D eigenvalue weighted by Gasteiger charge is -2.28. The largest absolute Gasteiger partial charge is 0.308 e. The van der Waals surface area contributed by atoms with Gasteiger partial charge in [0.05, 0.1) is 0 Å². The average Bonchev–Trinajstić information content (AvgIpc) is 2.45. The highest BCUT2D eigenvalue weighted by Crippen LogP contribution is 2.31. The molecule has 1 N–H and O–H groups in total. The van der Waals surface area contributed by atoms with Crippen LogP contribution in [0.2, 0.25) is 5.02 Å². The van der Waals surface area contributed by atoms with Crippen LogP contribution in [0.1, 0.15) is 58.4 Å². The first-order valence-electron chi connectivity index (χ1n) is 8.16. The first-order valence-corrected chi connectivity index (χ1v) is 8.53. The summed E-state index contributed by atoms with van der Waals surface area (Å²) in [5, 5.41) is 4.50. The van der Waals surface area contributed by atoms with Crippen molar-refractivity contribution in [3.05, 3.63) is 40.4 Å². The summed E-state index contributed by atoms with van der Waals surface area (Å²) in [7, 11) is 0. The van der Waals surface area contributed by atoms with E-state index in [0.29, 0.717) is 5.92 Å². The predicted octanol–water partition coefficient (Wildman–Crippen LogP) is 5.69. The van der Waals surface area contributed by atoms with E-state index >= 15 is 0 Å². The van der Waals surface area contributed by atoms with Gasteiger partial charge in [-0.3, -0.25) is 0 Å². The van der Waals surface area contributed by atoms with Crippen molar-refractivity contribution in [2.45, 2.75) is 58.4 Å². The average molecular weight is 306 g/mol. The third-order valence-electron chi connectivity index (χ3n) is 4.20. The van der Waals surface area contributed by atoms with Crippen LogP contribution in [0.5, 0.6) is 0 Å². The van der Waals surface area contributed by atoms with Gasteiger partial charge in [-0.25, -0.2) is 0 Å². The third kappa shape index (κ3) is 5.48. The van der Waals surface area contributed by atoms with E-state index in [4.69, 9.17) is 11.6 Å². The molecule has 0 bridgehead atoms. The molecule has 0 saturated heterocycles. The van der Waals surface area contributed by atoms with Crippen LogP contribution in [0, 0.1) is 5.92 Å². The molecule has 1 saturated carbocycles. The fraction of sp³-hybridized carbons (Fsp3) is 0.579. The molecule has 1 nitrogen and oxygen atoms in total. The fourth-order valence-electron chi connectivity index (χ4n) is 2.95. The topological polar surface area (TPSA) is 12.0 Å². The van der Waals surface area contributed by atoms with Crippen molar-refractivity contribution >= 4 is 17.7 Å². The zero-order valence-corrected chi connectivity index (χ0v) is 14.3. The standard InChI is InChI=1S/C19H28ClN/c1-19(2,3)21-14-17(15-9-5-4-6-10-15)13-16-11-7-8-12-18(16)20/h7-8,11-13,15,21H,4-6,9-10,14H2,1-3H3/b17-13-. The molecule has 0 unspecified atom stereocenters. The molecule has 1 aromatic carbocycles. The number of benzene rings is 1. The Morgan fingerprint density at radius 1 is 1.19 bits per heavy atom. The second-order valence-electron chi connectivity index (χ2n) is 7.18. The molecule has 1 aliphatic carbocycles. The predicted molar refractivity (Wildman–Crippen MR) is 93.8 cm³/mol. The monoisotopic (exact) mass is 305 g/mol. The molecule has 0 aliphatic heterocycles. The third-order valence-corrected chi connectivity index (χ3v) is 4.54. The zero-order valence-electron chi connectivity index (χ0n) is 13.6. The van der Waals surface area contributed by atoms with Crippen molar-refractivity contribution in [2.75, 3.05) is 6.54 Å². The second kappa shape index (κ2) is 7.47.